The van der Waals surface area contributed by atoms with Crippen molar-refractivity contribution in [3.05, 3.63) is 0 Å². The molecule has 0 aromatic rings. The summed E-state index contributed by atoms with van der Waals surface area (Å²) in [5, 5.41) is 2.18. The predicted molar refractivity (Wildman–Crippen MR) is 66.7 cm³/mol. The molecule has 18 heavy (non-hydrogen) atoms. The zero-order valence-corrected chi connectivity index (χ0v) is 11.4. The third-order valence-electron chi connectivity index (χ3n) is 5.05. The van der Waals surface area contributed by atoms with Gasteiger partial charge in [0.15, 0.2) is 0 Å². The minimum absolute atomic E-state index is 0.0458. The van der Waals surface area contributed by atoms with E-state index < -0.39 is 0 Å². The molecule has 3 heterocycles. The number of piperidine rings is 1. The lowest BCUT2D eigenvalue weighted by Gasteiger charge is -2.37. The van der Waals surface area contributed by atoms with Crippen LogP contribution in [-0.2, 0) is 14.4 Å². The number of hydroxylamine groups is 2. The number of carbonyl (C=O) groups excluding carboxylic acids is 1. The average molecular weight is 253 g/mol. The SMILES string of the molecule is CCCCCC12CCC3C[C@H](ON31)C2C(=O)OC. The Morgan fingerprint density at radius 1 is 1.50 bits per heavy atom. The summed E-state index contributed by atoms with van der Waals surface area (Å²) in [5.41, 5.74) is -0.0458. The van der Waals surface area contributed by atoms with E-state index in [9.17, 15) is 4.79 Å². The molecule has 0 spiro atoms. The molecule has 2 bridgehead atoms. The van der Waals surface area contributed by atoms with Crippen LogP contribution in [-0.4, -0.2) is 35.8 Å². The highest BCUT2D eigenvalue weighted by atomic mass is 16.7. The molecule has 3 aliphatic rings. The quantitative estimate of drug-likeness (QED) is 0.556. The summed E-state index contributed by atoms with van der Waals surface area (Å²) in [4.78, 5) is 18.1. The number of rotatable bonds is 5. The summed E-state index contributed by atoms with van der Waals surface area (Å²) in [7, 11) is 1.50. The van der Waals surface area contributed by atoms with Gasteiger partial charge in [0, 0.05) is 6.04 Å². The van der Waals surface area contributed by atoms with Crippen LogP contribution in [0.3, 0.4) is 0 Å². The second kappa shape index (κ2) is 4.49. The maximum absolute atomic E-state index is 12.1. The number of fused-ring (bicyclic) bond motifs is 1. The van der Waals surface area contributed by atoms with Crippen molar-refractivity contribution in [2.45, 2.75) is 69.6 Å². The molecule has 4 heteroatoms. The fourth-order valence-electron chi connectivity index (χ4n) is 4.27. The van der Waals surface area contributed by atoms with Crippen molar-refractivity contribution >= 4 is 5.97 Å². The van der Waals surface area contributed by atoms with Gasteiger partial charge in [0.25, 0.3) is 0 Å². The predicted octanol–water partition coefficient (Wildman–Crippen LogP) is 2.28. The van der Waals surface area contributed by atoms with Gasteiger partial charge in [-0.15, -0.1) is 0 Å². The van der Waals surface area contributed by atoms with E-state index in [0.29, 0.717) is 6.04 Å². The second-order valence-corrected chi connectivity index (χ2v) is 5.96. The van der Waals surface area contributed by atoms with Crippen molar-refractivity contribution in [1.29, 1.82) is 0 Å². The van der Waals surface area contributed by atoms with Gasteiger partial charge in [0.05, 0.1) is 18.8 Å². The molecule has 4 atom stereocenters. The Balaban J connectivity index is 1.82. The van der Waals surface area contributed by atoms with Crippen LogP contribution in [0, 0.1) is 5.92 Å². The first kappa shape index (κ1) is 12.4. The molecule has 3 rings (SSSR count). The van der Waals surface area contributed by atoms with Gasteiger partial charge in [-0.25, -0.2) is 0 Å². The number of unbranched alkanes of at least 4 members (excludes halogenated alkanes) is 2. The zero-order valence-electron chi connectivity index (χ0n) is 11.4. The minimum atomic E-state index is -0.0700. The van der Waals surface area contributed by atoms with E-state index in [2.05, 4.69) is 12.0 Å². The van der Waals surface area contributed by atoms with E-state index in [4.69, 9.17) is 9.57 Å². The summed E-state index contributed by atoms with van der Waals surface area (Å²) in [6.07, 6.45) is 8.07. The summed E-state index contributed by atoms with van der Waals surface area (Å²) in [5.74, 6) is -0.127. The molecule has 0 aromatic heterocycles. The van der Waals surface area contributed by atoms with Crippen LogP contribution in [0.15, 0.2) is 0 Å². The van der Waals surface area contributed by atoms with Crippen molar-refractivity contribution < 1.29 is 14.4 Å². The molecule has 4 nitrogen and oxygen atoms in total. The minimum Gasteiger partial charge on any atom is -0.469 e. The largest absolute Gasteiger partial charge is 0.469 e. The Kier molecular flexibility index (Phi) is 3.10. The van der Waals surface area contributed by atoms with Crippen LogP contribution >= 0.6 is 0 Å². The van der Waals surface area contributed by atoms with E-state index in [1.54, 1.807) is 0 Å². The average Bonchev–Trinajstić information content (AvgIpc) is 2.96. The van der Waals surface area contributed by atoms with Gasteiger partial charge in [-0.2, -0.15) is 5.06 Å². The molecular weight excluding hydrogens is 230 g/mol. The van der Waals surface area contributed by atoms with Crippen LogP contribution in [0.25, 0.3) is 0 Å². The van der Waals surface area contributed by atoms with E-state index in [1.165, 1.54) is 32.8 Å². The summed E-state index contributed by atoms with van der Waals surface area (Å²) >= 11 is 0. The number of hydrogen-bond acceptors (Lipinski definition) is 4. The second-order valence-electron chi connectivity index (χ2n) is 5.96. The highest BCUT2D eigenvalue weighted by Gasteiger charge is 2.67. The van der Waals surface area contributed by atoms with Gasteiger partial charge < -0.3 is 4.74 Å². The number of ether oxygens (including phenoxy) is 1. The molecule has 3 fully saturated rings. The first-order chi connectivity index (χ1) is 8.73. The third-order valence-corrected chi connectivity index (χ3v) is 5.05. The number of nitrogens with zero attached hydrogens (tertiary/aromatic N) is 1. The van der Waals surface area contributed by atoms with Gasteiger partial charge >= 0.3 is 5.97 Å². The summed E-state index contributed by atoms with van der Waals surface area (Å²) in [6.45, 7) is 2.21. The molecule has 0 N–H and O–H groups in total. The van der Waals surface area contributed by atoms with Gasteiger partial charge in [0.2, 0.25) is 0 Å². The lowest BCUT2D eigenvalue weighted by molar-refractivity contribution is -0.154. The van der Waals surface area contributed by atoms with Gasteiger partial charge in [-0.05, 0) is 25.7 Å². The first-order valence-corrected chi connectivity index (χ1v) is 7.27. The van der Waals surface area contributed by atoms with Crippen LogP contribution < -0.4 is 0 Å². The lowest BCUT2D eigenvalue weighted by Crippen LogP contribution is -2.51. The Morgan fingerprint density at radius 2 is 2.33 bits per heavy atom. The monoisotopic (exact) mass is 253 g/mol. The van der Waals surface area contributed by atoms with E-state index in [-0.39, 0.29) is 23.5 Å². The third kappa shape index (κ3) is 1.55. The molecule has 102 valence electrons. The highest BCUT2D eigenvalue weighted by Crippen LogP contribution is 2.57. The fraction of sp³-hybridized carbons (Fsp3) is 0.929. The van der Waals surface area contributed by atoms with Crippen LogP contribution in [0.4, 0.5) is 0 Å². The summed E-state index contributed by atoms with van der Waals surface area (Å²) < 4.78 is 5.02. The number of esters is 1. The van der Waals surface area contributed by atoms with Crippen molar-refractivity contribution in [3.63, 3.8) is 0 Å². The lowest BCUT2D eigenvalue weighted by atomic mass is 9.75. The normalized spacial score (nSPS) is 41.6. The van der Waals surface area contributed by atoms with Gasteiger partial charge in [-0.1, -0.05) is 26.2 Å². The first-order valence-electron chi connectivity index (χ1n) is 7.27. The van der Waals surface area contributed by atoms with E-state index in [0.717, 1.165) is 19.3 Å². The molecule has 3 aliphatic heterocycles. The Morgan fingerprint density at radius 3 is 3.06 bits per heavy atom. The number of methoxy groups -OCH3 is 1. The molecule has 0 aromatic carbocycles. The Hall–Kier alpha value is -0.610. The van der Waals surface area contributed by atoms with E-state index in [1.807, 2.05) is 0 Å². The molecule has 3 unspecified atom stereocenters. The maximum Gasteiger partial charge on any atom is 0.313 e. The van der Waals surface area contributed by atoms with Crippen molar-refractivity contribution in [3.8, 4) is 0 Å². The fourth-order valence-corrected chi connectivity index (χ4v) is 4.27. The smallest absolute Gasteiger partial charge is 0.313 e. The van der Waals surface area contributed by atoms with Crippen molar-refractivity contribution in [2.75, 3.05) is 7.11 Å². The van der Waals surface area contributed by atoms with Crippen molar-refractivity contribution in [1.82, 2.24) is 5.06 Å². The Bertz CT molecular complexity index is 346. The standard InChI is InChI=1S/C14H23NO3/c1-3-4-5-7-14-8-6-10-9-11(18-15(10)14)12(14)13(16)17-2/h10-12H,3-9H2,1-2H3/t10?,11-,12?,14?/m0/s1. The molecule has 3 saturated heterocycles. The summed E-state index contributed by atoms with van der Waals surface area (Å²) in [6, 6.07) is 0.553. The van der Waals surface area contributed by atoms with Crippen LogP contribution in [0.2, 0.25) is 0 Å². The number of hydrogen-bond donors (Lipinski definition) is 0. The van der Waals surface area contributed by atoms with E-state index >= 15 is 0 Å². The Labute approximate surface area is 109 Å². The van der Waals surface area contributed by atoms with Crippen LogP contribution in [0.5, 0.6) is 0 Å². The van der Waals surface area contributed by atoms with Gasteiger partial charge in [-0.3, -0.25) is 9.63 Å². The molecule has 0 saturated carbocycles. The number of carbonyl (C=O) groups is 1. The van der Waals surface area contributed by atoms with Gasteiger partial charge in [0.1, 0.15) is 5.92 Å². The maximum atomic E-state index is 12.1. The molecule has 0 aliphatic carbocycles. The molecular formula is C14H23NO3. The van der Waals surface area contributed by atoms with Crippen molar-refractivity contribution in [2.24, 2.45) is 5.92 Å². The highest BCUT2D eigenvalue weighted by molar-refractivity contribution is 5.75. The topological polar surface area (TPSA) is 38.8 Å². The van der Waals surface area contributed by atoms with Crippen LogP contribution in [0.1, 0.15) is 51.9 Å². The zero-order chi connectivity index (χ0) is 12.8. The molecule has 0 amide bonds. The molecule has 0 radical (unpaired) electrons.